The monoisotopic (exact) mass is 235 g/mol. The summed E-state index contributed by atoms with van der Waals surface area (Å²) < 4.78 is 18.7. The fraction of sp³-hybridized carbons (Fsp3) is 0.778. The Kier molecular flexibility index (Phi) is 9.33. The molecule has 0 fully saturated rings. The van der Waals surface area contributed by atoms with E-state index < -0.39 is 12.1 Å². The maximum atomic E-state index is 10.8. The van der Waals surface area contributed by atoms with Gasteiger partial charge in [-0.3, -0.25) is 0 Å². The average Bonchev–Trinajstić information content (AvgIpc) is 2.27. The summed E-state index contributed by atoms with van der Waals surface area (Å²) in [6.07, 6.45) is -0.505. The van der Waals surface area contributed by atoms with Gasteiger partial charge in [-0.1, -0.05) is 0 Å². The summed E-state index contributed by atoms with van der Waals surface area (Å²) in [5, 5.41) is 2.44. The van der Waals surface area contributed by atoms with Crippen molar-refractivity contribution in [2.75, 3.05) is 47.2 Å². The first-order chi connectivity index (χ1) is 7.70. The zero-order chi connectivity index (χ0) is 12.2. The normalized spacial score (nSPS) is 9.62. The average molecular weight is 235 g/mol. The predicted octanol–water partition coefficient (Wildman–Crippen LogP) is -0.451. The van der Waals surface area contributed by atoms with Crippen LogP contribution in [0.4, 0.5) is 4.79 Å². The third kappa shape index (κ3) is 9.22. The highest BCUT2D eigenvalue weighted by Gasteiger charge is 2.00. The number of methoxy groups -OCH3 is 2. The molecule has 1 N–H and O–H groups in total. The van der Waals surface area contributed by atoms with Gasteiger partial charge in [-0.05, 0) is 0 Å². The first kappa shape index (κ1) is 14.7. The van der Waals surface area contributed by atoms with E-state index in [1.54, 1.807) is 0 Å². The van der Waals surface area contributed by atoms with E-state index in [0.29, 0.717) is 13.2 Å². The molecule has 0 saturated heterocycles. The standard InChI is InChI=1S/C9H17NO6/c1-13-7-8(11)16-6-5-15-4-3-10-9(12)14-2/h3-7H2,1-2H3,(H,10,12). The van der Waals surface area contributed by atoms with Crippen molar-refractivity contribution in [2.24, 2.45) is 0 Å². The van der Waals surface area contributed by atoms with Gasteiger partial charge >= 0.3 is 12.1 Å². The fourth-order valence-electron chi connectivity index (χ4n) is 0.773. The molecular weight excluding hydrogens is 218 g/mol. The lowest BCUT2D eigenvalue weighted by molar-refractivity contribution is -0.149. The van der Waals surface area contributed by atoms with Crippen molar-refractivity contribution in [2.45, 2.75) is 0 Å². The number of rotatable bonds is 8. The minimum Gasteiger partial charge on any atom is -0.462 e. The lowest BCUT2D eigenvalue weighted by Gasteiger charge is -2.06. The molecule has 0 bridgehead atoms. The molecule has 94 valence electrons. The summed E-state index contributed by atoms with van der Waals surface area (Å²) in [5.41, 5.74) is 0. The predicted molar refractivity (Wildman–Crippen MR) is 54.1 cm³/mol. The van der Waals surface area contributed by atoms with Crippen molar-refractivity contribution in [1.82, 2.24) is 5.32 Å². The lowest BCUT2D eigenvalue weighted by Crippen LogP contribution is -2.27. The molecule has 0 rings (SSSR count). The Morgan fingerprint density at radius 2 is 1.88 bits per heavy atom. The second-order valence-electron chi connectivity index (χ2n) is 2.68. The number of carbonyl (C=O) groups is 2. The summed E-state index contributed by atoms with van der Waals surface area (Å²) in [6.45, 7) is 1.05. The van der Waals surface area contributed by atoms with Gasteiger partial charge in [0.15, 0.2) is 0 Å². The smallest absolute Gasteiger partial charge is 0.406 e. The Hall–Kier alpha value is -1.34. The molecule has 0 saturated carbocycles. The van der Waals surface area contributed by atoms with Gasteiger partial charge in [0.1, 0.15) is 13.2 Å². The fourth-order valence-corrected chi connectivity index (χ4v) is 0.773. The summed E-state index contributed by atoms with van der Waals surface area (Å²) in [7, 11) is 2.70. The zero-order valence-electron chi connectivity index (χ0n) is 9.49. The minimum atomic E-state index is -0.505. The Morgan fingerprint density at radius 3 is 2.50 bits per heavy atom. The number of hydrogen-bond donors (Lipinski definition) is 1. The molecule has 1 amide bonds. The molecule has 16 heavy (non-hydrogen) atoms. The Labute approximate surface area is 94.0 Å². The van der Waals surface area contributed by atoms with Crippen LogP contribution in [0.5, 0.6) is 0 Å². The van der Waals surface area contributed by atoms with Gasteiger partial charge in [-0.2, -0.15) is 0 Å². The summed E-state index contributed by atoms with van der Waals surface area (Å²) >= 11 is 0. The van der Waals surface area contributed by atoms with Gasteiger partial charge in [0.25, 0.3) is 0 Å². The summed E-state index contributed by atoms with van der Waals surface area (Å²) in [5.74, 6) is -0.432. The molecule has 7 nitrogen and oxygen atoms in total. The highest BCUT2D eigenvalue weighted by Crippen LogP contribution is 1.81. The van der Waals surface area contributed by atoms with Gasteiger partial charge in [0, 0.05) is 13.7 Å². The van der Waals surface area contributed by atoms with E-state index in [0.717, 1.165) is 0 Å². The van der Waals surface area contributed by atoms with Crippen molar-refractivity contribution in [3.63, 3.8) is 0 Å². The topological polar surface area (TPSA) is 83.1 Å². The molecular formula is C9H17NO6. The van der Waals surface area contributed by atoms with Crippen molar-refractivity contribution < 1.29 is 28.5 Å². The van der Waals surface area contributed by atoms with Crippen LogP contribution in [0.25, 0.3) is 0 Å². The van der Waals surface area contributed by atoms with E-state index in [1.807, 2.05) is 0 Å². The van der Waals surface area contributed by atoms with Crippen LogP contribution < -0.4 is 5.32 Å². The number of carbonyl (C=O) groups excluding carboxylic acids is 2. The Balaban J connectivity index is 3.15. The van der Waals surface area contributed by atoms with E-state index in [2.05, 4.69) is 14.8 Å². The van der Waals surface area contributed by atoms with Gasteiger partial charge in [0.05, 0.1) is 20.3 Å². The zero-order valence-corrected chi connectivity index (χ0v) is 9.49. The molecule has 0 radical (unpaired) electrons. The molecule has 0 aliphatic carbocycles. The van der Waals surface area contributed by atoms with Crippen LogP contribution in [-0.4, -0.2) is 59.3 Å². The maximum absolute atomic E-state index is 10.8. The highest BCUT2D eigenvalue weighted by molar-refractivity contribution is 5.70. The first-order valence-corrected chi connectivity index (χ1v) is 4.74. The molecule has 0 aliphatic heterocycles. The minimum absolute atomic E-state index is 0.0656. The van der Waals surface area contributed by atoms with Crippen LogP contribution in [0.3, 0.4) is 0 Å². The Bertz CT molecular complexity index is 208. The third-order valence-corrected chi connectivity index (χ3v) is 1.45. The Morgan fingerprint density at radius 1 is 1.12 bits per heavy atom. The van der Waals surface area contributed by atoms with Crippen molar-refractivity contribution in [3.8, 4) is 0 Å². The van der Waals surface area contributed by atoms with Crippen LogP contribution in [0.1, 0.15) is 0 Å². The second kappa shape index (κ2) is 10.2. The number of ether oxygens (including phenoxy) is 4. The molecule has 0 aromatic heterocycles. The van der Waals surface area contributed by atoms with Gasteiger partial charge in [0.2, 0.25) is 0 Å². The number of esters is 1. The third-order valence-electron chi connectivity index (χ3n) is 1.45. The van der Waals surface area contributed by atoms with E-state index >= 15 is 0 Å². The van der Waals surface area contributed by atoms with E-state index in [1.165, 1.54) is 14.2 Å². The summed E-state index contributed by atoms with van der Waals surface area (Å²) in [4.78, 5) is 21.4. The number of amides is 1. The number of nitrogens with one attached hydrogen (secondary N) is 1. The first-order valence-electron chi connectivity index (χ1n) is 4.74. The van der Waals surface area contributed by atoms with Crippen LogP contribution in [0.2, 0.25) is 0 Å². The van der Waals surface area contributed by atoms with Crippen LogP contribution in [0, 0.1) is 0 Å². The van der Waals surface area contributed by atoms with Gasteiger partial charge < -0.3 is 24.3 Å². The molecule has 0 aliphatic rings. The lowest BCUT2D eigenvalue weighted by atomic mass is 10.6. The number of hydrogen-bond acceptors (Lipinski definition) is 6. The SMILES string of the molecule is COCC(=O)OCCOCCNC(=O)OC. The van der Waals surface area contributed by atoms with Crippen molar-refractivity contribution in [1.29, 1.82) is 0 Å². The largest absolute Gasteiger partial charge is 0.462 e. The molecule has 7 heteroatoms. The van der Waals surface area contributed by atoms with Gasteiger partial charge in [-0.25, -0.2) is 9.59 Å². The number of alkyl carbamates (subject to hydrolysis) is 1. The van der Waals surface area contributed by atoms with Crippen LogP contribution in [-0.2, 0) is 23.7 Å². The van der Waals surface area contributed by atoms with Crippen LogP contribution in [0.15, 0.2) is 0 Å². The molecule has 0 heterocycles. The van der Waals surface area contributed by atoms with E-state index in [-0.39, 0.29) is 19.8 Å². The molecule has 0 unspecified atom stereocenters. The second-order valence-corrected chi connectivity index (χ2v) is 2.68. The molecule has 0 spiro atoms. The quantitative estimate of drug-likeness (QED) is 0.453. The van der Waals surface area contributed by atoms with Crippen molar-refractivity contribution in [3.05, 3.63) is 0 Å². The van der Waals surface area contributed by atoms with E-state index in [4.69, 9.17) is 9.47 Å². The summed E-state index contributed by atoms with van der Waals surface area (Å²) in [6, 6.07) is 0. The molecule has 0 atom stereocenters. The highest BCUT2D eigenvalue weighted by atomic mass is 16.6. The van der Waals surface area contributed by atoms with Crippen molar-refractivity contribution >= 4 is 12.1 Å². The van der Waals surface area contributed by atoms with E-state index in [9.17, 15) is 9.59 Å². The molecule has 0 aromatic rings. The van der Waals surface area contributed by atoms with Gasteiger partial charge in [-0.15, -0.1) is 0 Å². The molecule has 0 aromatic carbocycles. The van der Waals surface area contributed by atoms with Crippen LogP contribution >= 0.6 is 0 Å². The maximum Gasteiger partial charge on any atom is 0.406 e.